The van der Waals surface area contributed by atoms with Crippen LogP contribution in [0.25, 0.3) is 10.9 Å². The van der Waals surface area contributed by atoms with Crippen molar-refractivity contribution in [2.75, 3.05) is 6.54 Å². The zero-order chi connectivity index (χ0) is 24.6. The predicted octanol–water partition coefficient (Wildman–Crippen LogP) is 1.87. The Morgan fingerprint density at radius 1 is 1.29 bits per heavy atom. The Bertz CT molecular complexity index is 1550. The van der Waals surface area contributed by atoms with E-state index < -0.39 is 16.1 Å². The zero-order valence-corrected chi connectivity index (χ0v) is 20.0. The molecule has 1 aromatic carbocycles. The molecule has 1 aliphatic heterocycles. The van der Waals surface area contributed by atoms with Gasteiger partial charge in [0.05, 0.1) is 11.6 Å². The first-order valence-electron chi connectivity index (χ1n) is 10.9. The van der Waals surface area contributed by atoms with Gasteiger partial charge in [0.25, 0.3) is 0 Å². The summed E-state index contributed by atoms with van der Waals surface area (Å²) >= 11 is 6.31. The van der Waals surface area contributed by atoms with Crippen molar-refractivity contribution in [1.82, 2.24) is 33.9 Å². The van der Waals surface area contributed by atoms with Gasteiger partial charge in [0.15, 0.2) is 5.82 Å². The lowest BCUT2D eigenvalue weighted by atomic mass is 10.1. The number of aromatic nitrogens is 5. The molecular weight excluding hydrogens is 492 g/mol. The minimum atomic E-state index is -4.18. The highest BCUT2D eigenvalue weighted by Crippen LogP contribution is 2.30. The fourth-order valence-corrected chi connectivity index (χ4v) is 6.26. The number of H-pyrrole nitrogens is 1. The average molecular weight is 513 g/mol. The number of aryl methyl sites for hydroxylation is 1. The Morgan fingerprint density at radius 2 is 2.14 bits per heavy atom. The molecule has 2 N–H and O–H groups in total. The van der Waals surface area contributed by atoms with Gasteiger partial charge in [-0.25, -0.2) is 8.42 Å². The molecule has 0 spiro atoms. The van der Waals surface area contributed by atoms with Crippen LogP contribution < -0.4 is 4.72 Å². The quantitative estimate of drug-likeness (QED) is 0.387. The second-order valence-electron chi connectivity index (χ2n) is 8.18. The van der Waals surface area contributed by atoms with Gasteiger partial charge < -0.3 is 19.0 Å². The van der Waals surface area contributed by atoms with Gasteiger partial charge in [-0.2, -0.15) is 9.98 Å². The summed E-state index contributed by atoms with van der Waals surface area (Å²) in [6.07, 6.45) is 5.08. The van der Waals surface area contributed by atoms with Crippen molar-refractivity contribution in [3.05, 3.63) is 65.6 Å². The number of rotatable bonds is 7. The van der Waals surface area contributed by atoms with Gasteiger partial charge in [-0.3, -0.25) is 4.79 Å². The van der Waals surface area contributed by atoms with Crippen LogP contribution >= 0.6 is 11.6 Å². The van der Waals surface area contributed by atoms with E-state index in [-0.39, 0.29) is 35.3 Å². The van der Waals surface area contributed by atoms with Crippen molar-refractivity contribution >= 4 is 38.4 Å². The predicted molar refractivity (Wildman–Crippen MR) is 127 cm³/mol. The van der Waals surface area contributed by atoms with Crippen LogP contribution in [0.1, 0.15) is 17.9 Å². The fourth-order valence-electron chi connectivity index (χ4n) is 4.28. The number of hydrogen-bond donors (Lipinski definition) is 2. The van der Waals surface area contributed by atoms with Crippen molar-refractivity contribution in [1.29, 1.82) is 5.26 Å². The van der Waals surface area contributed by atoms with Gasteiger partial charge in [0, 0.05) is 42.9 Å². The number of halogens is 1. The van der Waals surface area contributed by atoms with Gasteiger partial charge in [-0.15, -0.1) is 10.2 Å². The SMILES string of the molecule is N#Cc1cccn1CCC(NS(=O)(=O)c1c(Cl)ccc2[nH]ccc12)C(=O)N1CCn2cnnc2C1. The van der Waals surface area contributed by atoms with Crippen LogP contribution in [0.15, 0.2) is 53.9 Å². The van der Waals surface area contributed by atoms with Crippen molar-refractivity contribution in [2.24, 2.45) is 0 Å². The molecule has 0 saturated carbocycles. The number of nitrogens with one attached hydrogen (secondary N) is 2. The number of carbonyl (C=O) groups excluding carboxylic acids is 1. The van der Waals surface area contributed by atoms with E-state index in [0.717, 1.165) is 0 Å². The highest BCUT2D eigenvalue weighted by Gasteiger charge is 2.33. The lowest BCUT2D eigenvalue weighted by Crippen LogP contribution is -2.50. The van der Waals surface area contributed by atoms with E-state index in [4.69, 9.17) is 11.6 Å². The van der Waals surface area contributed by atoms with Crippen LogP contribution in [0.5, 0.6) is 0 Å². The third kappa shape index (κ3) is 4.41. The molecule has 13 heteroatoms. The first-order chi connectivity index (χ1) is 16.9. The van der Waals surface area contributed by atoms with Crippen LogP contribution in [0, 0.1) is 11.3 Å². The molecule has 5 rings (SSSR count). The number of aromatic amines is 1. The molecule has 1 unspecified atom stereocenters. The first-order valence-corrected chi connectivity index (χ1v) is 12.7. The molecule has 11 nitrogen and oxygen atoms in total. The number of carbonyl (C=O) groups is 1. The second-order valence-corrected chi connectivity index (χ2v) is 10.2. The molecule has 4 heterocycles. The van der Waals surface area contributed by atoms with E-state index in [2.05, 4.69) is 26.0 Å². The molecule has 4 aromatic rings. The van der Waals surface area contributed by atoms with Crippen LogP contribution in [0.2, 0.25) is 5.02 Å². The normalized spacial score (nSPS) is 14.6. The molecule has 0 saturated heterocycles. The van der Waals surface area contributed by atoms with Crippen LogP contribution in [0.4, 0.5) is 0 Å². The van der Waals surface area contributed by atoms with E-state index in [1.165, 1.54) is 6.07 Å². The minimum Gasteiger partial charge on any atom is -0.361 e. The van der Waals surface area contributed by atoms with Gasteiger partial charge in [-0.1, -0.05) is 11.6 Å². The maximum Gasteiger partial charge on any atom is 0.243 e. The molecule has 1 aliphatic rings. The topological polar surface area (TPSA) is 142 Å². The summed E-state index contributed by atoms with van der Waals surface area (Å²) in [6, 6.07) is 9.21. The molecule has 0 fully saturated rings. The minimum absolute atomic E-state index is 0.0547. The lowest BCUT2D eigenvalue weighted by Gasteiger charge is -2.31. The summed E-state index contributed by atoms with van der Waals surface area (Å²) < 4.78 is 33.2. The molecule has 35 heavy (non-hydrogen) atoms. The Balaban J connectivity index is 1.45. The van der Waals surface area contributed by atoms with E-state index in [0.29, 0.717) is 35.5 Å². The van der Waals surface area contributed by atoms with E-state index in [1.807, 2.05) is 4.57 Å². The molecule has 1 atom stereocenters. The highest BCUT2D eigenvalue weighted by atomic mass is 35.5. The Labute approximate surface area is 206 Å². The molecular formula is C22H21ClN8O3S. The summed E-state index contributed by atoms with van der Waals surface area (Å²) in [5, 5.41) is 17.7. The Morgan fingerprint density at radius 3 is 2.97 bits per heavy atom. The van der Waals surface area contributed by atoms with E-state index in [1.54, 1.807) is 52.5 Å². The summed E-state index contributed by atoms with van der Waals surface area (Å²) in [5.74, 6) is 0.245. The van der Waals surface area contributed by atoms with Crippen molar-refractivity contribution in [2.45, 2.75) is 37.0 Å². The van der Waals surface area contributed by atoms with Crippen molar-refractivity contribution in [3.8, 4) is 6.07 Å². The van der Waals surface area contributed by atoms with Crippen molar-refractivity contribution in [3.63, 3.8) is 0 Å². The molecule has 0 radical (unpaired) electrons. The molecule has 1 amide bonds. The average Bonchev–Trinajstić information content (AvgIpc) is 3.60. The number of hydrogen-bond acceptors (Lipinski definition) is 6. The summed E-state index contributed by atoms with van der Waals surface area (Å²) in [7, 11) is -4.18. The number of nitriles is 1. The number of sulfonamides is 1. The van der Waals surface area contributed by atoms with Crippen LogP contribution in [0.3, 0.4) is 0 Å². The molecule has 0 aliphatic carbocycles. The summed E-state index contributed by atoms with van der Waals surface area (Å²) in [4.78, 5) is 18.0. The Kier molecular flexibility index (Phi) is 6.06. The van der Waals surface area contributed by atoms with E-state index >= 15 is 0 Å². The smallest absolute Gasteiger partial charge is 0.243 e. The number of benzene rings is 1. The van der Waals surface area contributed by atoms with Gasteiger partial charge >= 0.3 is 0 Å². The highest BCUT2D eigenvalue weighted by molar-refractivity contribution is 7.90. The lowest BCUT2D eigenvalue weighted by molar-refractivity contribution is -0.134. The third-order valence-electron chi connectivity index (χ3n) is 6.05. The van der Waals surface area contributed by atoms with Crippen LogP contribution in [-0.4, -0.2) is 56.1 Å². The molecule has 180 valence electrons. The fraction of sp³-hybridized carbons (Fsp3) is 0.273. The monoisotopic (exact) mass is 512 g/mol. The summed E-state index contributed by atoms with van der Waals surface area (Å²) in [6.45, 7) is 1.39. The van der Waals surface area contributed by atoms with Crippen molar-refractivity contribution < 1.29 is 13.2 Å². The number of nitrogens with zero attached hydrogens (tertiary/aromatic N) is 6. The van der Waals surface area contributed by atoms with Gasteiger partial charge in [0.1, 0.15) is 29.0 Å². The maximum atomic E-state index is 13.6. The van der Waals surface area contributed by atoms with Crippen LogP contribution in [-0.2, 0) is 34.5 Å². The largest absolute Gasteiger partial charge is 0.361 e. The van der Waals surface area contributed by atoms with Gasteiger partial charge in [-0.05, 0) is 36.8 Å². The standard InChI is InChI=1S/C22H21ClN8O3S/c23-17-3-4-18-16(5-7-25-18)21(17)35(33,34)28-19(6-9-29-8-1-2-15(29)12-24)22(32)30-10-11-31-14-26-27-20(31)13-30/h1-5,7-8,14,19,25,28H,6,9-11,13H2. The van der Waals surface area contributed by atoms with E-state index in [9.17, 15) is 18.5 Å². The maximum absolute atomic E-state index is 13.6. The second kappa shape index (κ2) is 9.18. The Hall–Kier alpha value is -3.66. The first kappa shape index (κ1) is 23.1. The number of fused-ring (bicyclic) bond motifs is 2. The van der Waals surface area contributed by atoms with Gasteiger partial charge in [0.2, 0.25) is 15.9 Å². The zero-order valence-electron chi connectivity index (χ0n) is 18.4. The third-order valence-corrected chi connectivity index (χ3v) is 8.05. The molecule has 0 bridgehead atoms. The number of amides is 1. The molecule has 3 aromatic heterocycles. The summed E-state index contributed by atoms with van der Waals surface area (Å²) in [5.41, 5.74) is 1.03.